The molecular weight excluding hydrogens is 220 g/mol. The number of ether oxygens (including phenoxy) is 1. The lowest BCUT2D eigenvalue weighted by Gasteiger charge is -2.12. The van der Waals surface area contributed by atoms with Crippen LogP contribution in [0, 0.1) is 5.92 Å². The lowest BCUT2D eigenvalue weighted by molar-refractivity contribution is -0.119. The molecule has 17 heavy (non-hydrogen) atoms. The number of nitrogens with zero attached hydrogens (tertiary/aromatic N) is 2. The largest absolute Gasteiger partial charge is 0.385 e. The van der Waals surface area contributed by atoms with E-state index in [0.717, 1.165) is 6.42 Å². The molecule has 0 amide bonds. The van der Waals surface area contributed by atoms with E-state index in [1.165, 1.54) is 0 Å². The number of Topliss-reactive ketones (excluding diaryl/α,β-unsaturated/α-hetero) is 1. The van der Waals surface area contributed by atoms with Crippen LogP contribution in [0.3, 0.4) is 0 Å². The summed E-state index contributed by atoms with van der Waals surface area (Å²) >= 11 is 0. The van der Waals surface area contributed by atoms with E-state index in [9.17, 15) is 4.79 Å². The van der Waals surface area contributed by atoms with E-state index in [-0.39, 0.29) is 17.6 Å². The predicted octanol–water partition coefficient (Wildman–Crippen LogP) is 1.98. The fourth-order valence-corrected chi connectivity index (χ4v) is 1.80. The van der Waals surface area contributed by atoms with Crippen molar-refractivity contribution in [1.82, 2.24) is 10.1 Å². The van der Waals surface area contributed by atoms with Crippen molar-refractivity contribution < 1.29 is 14.1 Å². The number of carbonyl (C=O) groups excluding carboxylic acids is 1. The molecule has 5 heteroatoms. The fraction of sp³-hybridized carbons (Fsp3) is 0.750. The molecule has 0 aliphatic heterocycles. The van der Waals surface area contributed by atoms with Crippen LogP contribution in [-0.4, -0.2) is 29.6 Å². The third kappa shape index (κ3) is 3.93. The van der Waals surface area contributed by atoms with Gasteiger partial charge in [0.05, 0.1) is 5.92 Å². The maximum absolute atomic E-state index is 11.5. The second-order valence-corrected chi connectivity index (χ2v) is 4.48. The SMILES string of the molecule is COCCCc1noc(C(C(C)=O)C(C)C)n1. The van der Waals surface area contributed by atoms with Crippen LogP contribution in [0.15, 0.2) is 4.52 Å². The van der Waals surface area contributed by atoms with E-state index >= 15 is 0 Å². The zero-order chi connectivity index (χ0) is 12.8. The monoisotopic (exact) mass is 240 g/mol. The minimum Gasteiger partial charge on any atom is -0.385 e. The fourth-order valence-electron chi connectivity index (χ4n) is 1.80. The van der Waals surface area contributed by atoms with Crippen LogP contribution in [0.1, 0.15) is 44.8 Å². The number of aromatic nitrogens is 2. The minimum atomic E-state index is -0.293. The average Bonchev–Trinajstić information content (AvgIpc) is 2.65. The third-order valence-electron chi connectivity index (χ3n) is 2.60. The molecule has 1 aromatic heterocycles. The van der Waals surface area contributed by atoms with E-state index in [4.69, 9.17) is 9.26 Å². The van der Waals surface area contributed by atoms with Gasteiger partial charge in [-0.1, -0.05) is 19.0 Å². The number of methoxy groups -OCH3 is 1. The van der Waals surface area contributed by atoms with Crippen LogP contribution in [0.25, 0.3) is 0 Å². The third-order valence-corrected chi connectivity index (χ3v) is 2.60. The summed E-state index contributed by atoms with van der Waals surface area (Å²) in [6.45, 7) is 6.17. The zero-order valence-corrected chi connectivity index (χ0v) is 10.9. The van der Waals surface area contributed by atoms with Crippen LogP contribution >= 0.6 is 0 Å². The van der Waals surface area contributed by atoms with Crippen molar-refractivity contribution in [2.45, 2.75) is 39.5 Å². The molecular formula is C12H20N2O3. The molecule has 0 radical (unpaired) electrons. The summed E-state index contributed by atoms with van der Waals surface area (Å²) in [6, 6.07) is 0. The van der Waals surface area contributed by atoms with Crippen LogP contribution in [0.2, 0.25) is 0 Å². The molecule has 1 rings (SSSR count). The molecule has 0 aliphatic carbocycles. The van der Waals surface area contributed by atoms with Crippen molar-refractivity contribution in [1.29, 1.82) is 0 Å². The van der Waals surface area contributed by atoms with Gasteiger partial charge in [-0.2, -0.15) is 4.98 Å². The lowest BCUT2D eigenvalue weighted by Crippen LogP contribution is -2.15. The Bertz CT molecular complexity index is 360. The van der Waals surface area contributed by atoms with Gasteiger partial charge in [0.2, 0.25) is 5.89 Å². The quantitative estimate of drug-likeness (QED) is 0.682. The standard InChI is InChI=1S/C12H20N2O3/c1-8(2)11(9(3)15)12-13-10(14-17-12)6-5-7-16-4/h8,11H,5-7H2,1-4H3. The number of carbonyl (C=O) groups is 1. The molecule has 5 nitrogen and oxygen atoms in total. The molecule has 0 saturated heterocycles. The molecule has 0 bridgehead atoms. The number of hydrogen-bond donors (Lipinski definition) is 0. The smallest absolute Gasteiger partial charge is 0.237 e. The molecule has 1 atom stereocenters. The molecule has 0 aliphatic rings. The predicted molar refractivity (Wildman–Crippen MR) is 62.8 cm³/mol. The summed E-state index contributed by atoms with van der Waals surface area (Å²) in [6.07, 6.45) is 1.56. The summed E-state index contributed by atoms with van der Waals surface area (Å²) in [7, 11) is 1.66. The van der Waals surface area contributed by atoms with Crippen molar-refractivity contribution in [2.75, 3.05) is 13.7 Å². The van der Waals surface area contributed by atoms with Gasteiger partial charge < -0.3 is 9.26 Å². The van der Waals surface area contributed by atoms with Crippen molar-refractivity contribution in [2.24, 2.45) is 5.92 Å². The summed E-state index contributed by atoms with van der Waals surface area (Å²) in [4.78, 5) is 15.8. The molecule has 96 valence electrons. The summed E-state index contributed by atoms with van der Waals surface area (Å²) < 4.78 is 10.1. The van der Waals surface area contributed by atoms with Gasteiger partial charge in [-0.25, -0.2) is 0 Å². The Hall–Kier alpha value is -1.23. The van der Waals surface area contributed by atoms with Gasteiger partial charge in [0.1, 0.15) is 5.78 Å². The lowest BCUT2D eigenvalue weighted by atomic mass is 9.92. The highest BCUT2D eigenvalue weighted by Crippen LogP contribution is 2.23. The molecule has 0 fully saturated rings. The maximum Gasteiger partial charge on any atom is 0.237 e. The molecule has 1 aromatic rings. The van der Waals surface area contributed by atoms with E-state index in [1.807, 2.05) is 13.8 Å². The molecule has 0 spiro atoms. The van der Waals surface area contributed by atoms with E-state index < -0.39 is 0 Å². The van der Waals surface area contributed by atoms with Gasteiger partial charge in [0.15, 0.2) is 5.82 Å². The first-order valence-electron chi connectivity index (χ1n) is 5.88. The Morgan fingerprint density at radius 2 is 2.18 bits per heavy atom. The summed E-state index contributed by atoms with van der Waals surface area (Å²) in [5.41, 5.74) is 0. The molecule has 1 unspecified atom stereocenters. The number of hydrogen-bond acceptors (Lipinski definition) is 5. The second-order valence-electron chi connectivity index (χ2n) is 4.48. The summed E-state index contributed by atoms with van der Waals surface area (Å²) in [5, 5.41) is 3.88. The highest BCUT2D eigenvalue weighted by Gasteiger charge is 2.26. The number of ketones is 1. The van der Waals surface area contributed by atoms with Gasteiger partial charge in [-0.05, 0) is 19.3 Å². The second kappa shape index (κ2) is 6.49. The van der Waals surface area contributed by atoms with Gasteiger partial charge >= 0.3 is 0 Å². The van der Waals surface area contributed by atoms with Crippen molar-refractivity contribution in [3.8, 4) is 0 Å². The van der Waals surface area contributed by atoms with Crippen LogP contribution in [0.5, 0.6) is 0 Å². The Labute approximate surface area is 102 Å². The van der Waals surface area contributed by atoms with Crippen LogP contribution in [-0.2, 0) is 16.0 Å². The first kappa shape index (κ1) is 13.8. The van der Waals surface area contributed by atoms with E-state index in [2.05, 4.69) is 10.1 Å². The highest BCUT2D eigenvalue weighted by atomic mass is 16.5. The Morgan fingerprint density at radius 3 is 2.71 bits per heavy atom. The maximum atomic E-state index is 11.5. The first-order valence-corrected chi connectivity index (χ1v) is 5.88. The van der Waals surface area contributed by atoms with Crippen LogP contribution in [0.4, 0.5) is 0 Å². The van der Waals surface area contributed by atoms with Gasteiger partial charge in [-0.3, -0.25) is 4.79 Å². The Balaban J connectivity index is 2.68. The van der Waals surface area contributed by atoms with Gasteiger partial charge in [0, 0.05) is 20.1 Å². The minimum absolute atomic E-state index is 0.0621. The summed E-state index contributed by atoms with van der Waals surface area (Å²) in [5.74, 6) is 1.01. The molecule has 0 aromatic carbocycles. The van der Waals surface area contributed by atoms with Crippen molar-refractivity contribution >= 4 is 5.78 Å². The number of aryl methyl sites for hydroxylation is 1. The topological polar surface area (TPSA) is 65.2 Å². The molecule has 0 saturated carbocycles. The first-order chi connectivity index (χ1) is 8.06. The Kier molecular flexibility index (Phi) is 5.28. The van der Waals surface area contributed by atoms with Crippen LogP contribution < -0.4 is 0 Å². The van der Waals surface area contributed by atoms with Crippen molar-refractivity contribution in [3.63, 3.8) is 0 Å². The zero-order valence-electron chi connectivity index (χ0n) is 10.9. The molecule has 0 N–H and O–H groups in total. The van der Waals surface area contributed by atoms with Crippen molar-refractivity contribution in [3.05, 3.63) is 11.7 Å². The Morgan fingerprint density at radius 1 is 1.47 bits per heavy atom. The normalized spacial score (nSPS) is 13.0. The number of rotatable bonds is 7. The van der Waals surface area contributed by atoms with Gasteiger partial charge in [0.25, 0.3) is 0 Å². The van der Waals surface area contributed by atoms with E-state index in [0.29, 0.717) is 24.7 Å². The van der Waals surface area contributed by atoms with Gasteiger partial charge in [-0.15, -0.1) is 0 Å². The highest BCUT2D eigenvalue weighted by molar-refractivity contribution is 5.82. The average molecular weight is 240 g/mol. The molecule has 1 heterocycles. The van der Waals surface area contributed by atoms with E-state index in [1.54, 1.807) is 14.0 Å².